The molecule has 0 unspecified atom stereocenters. The number of hydrogen-bond acceptors (Lipinski definition) is 6. The molecule has 2 amide bonds. The molecule has 0 atom stereocenters. The van der Waals surface area contributed by atoms with Gasteiger partial charge in [0.1, 0.15) is 6.10 Å². The van der Waals surface area contributed by atoms with Gasteiger partial charge in [-0.2, -0.15) is 0 Å². The van der Waals surface area contributed by atoms with E-state index in [0.29, 0.717) is 11.6 Å². The molecule has 8 nitrogen and oxygen atoms in total. The molecule has 1 fully saturated rings. The minimum atomic E-state index is -3.68. The number of fused-ring (bicyclic) bond motifs is 1. The lowest BCUT2D eigenvalue weighted by molar-refractivity contribution is 0.0644. The van der Waals surface area contributed by atoms with E-state index >= 15 is 0 Å². The lowest BCUT2D eigenvalue weighted by Gasteiger charge is -2.26. The monoisotopic (exact) mass is 459 g/mol. The average Bonchev–Trinajstić information content (AvgIpc) is 3.17. The number of nitrogens with zero attached hydrogens (tertiary/aromatic N) is 1. The largest absolute Gasteiger partial charge is 0.474 e. The Hall–Kier alpha value is -2.65. The van der Waals surface area contributed by atoms with Gasteiger partial charge in [0.2, 0.25) is 15.9 Å². The zero-order valence-corrected chi connectivity index (χ0v) is 19.2. The van der Waals surface area contributed by atoms with E-state index in [1.165, 1.54) is 5.56 Å². The Balaban J connectivity index is 1.68. The van der Waals surface area contributed by atoms with Crippen LogP contribution in [0.4, 0.5) is 10.5 Å². The highest BCUT2D eigenvalue weighted by Gasteiger charge is 2.24. The Bertz CT molecular complexity index is 1120. The van der Waals surface area contributed by atoms with Crippen molar-refractivity contribution >= 4 is 21.7 Å². The Labute approximate surface area is 188 Å². The molecule has 1 aromatic heterocycles. The van der Waals surface area contributed by atoms with Crippen molar-refractivity contribution in [2.24, 2.45) is 0 Å². The van der Waals surface area contributed by atoms with Crippen LogP contribution < -0.4 is 14.8 Å². The number of benzene rings is 1. The fourth-order valence-corrected chi connectivity index (χ4v) is 5.06. The second kappa shape index (κ2) is 9.07. The average molecular weight is 460 g/mol. The number of aliphatic hydroxyl groups is 1. The van der Waals surface area contributed by atoms with Crippen molar-refractivity contribution in [2.75, 3.05) is 11.6 Å². The highest BCUT2D eigenvalue weighted by molar-refractivity contribution is 7.89. The van der Waals surface area contributed by atoms with Gasteiger partial charge >= 0.3 is 6.03 Å². The molecule has 2 aromatic rings. The normalized spacial score (nSPS) is 20.5. The standard InChI is InChI=1S/C23H29N3O5S/c1-14-12-15-4-3-5-19(15)22(25-23(28)26-32(2,29)30)21(14)16-10-11-24-20(13-16)31-18-8-6-17(27)7-9-18/h10-13,17-18,27H,3-9H2,1-2H3,(H2,25,26,28)/t17-,18+. The Morgan fingerprint density at radius 3 is 2.66 bits per heavy atom. The van der Waals surface area contributed by atoms with Gasteiger partial charge < -0.3 is 15.2 Å². The molecule has 0 aliphatic heterocycles. The van der Waals surface area contributed by atoms with Crippen molar-refractivity contribution in [3.8, 4) is 17.0 Å². The molecule has 2 aliphatic carbocycles. The van der Waals surface area contributed by atoms with Crippen LogP contribution in [-0.2, 0) is 22.9 Å². The lowest BCUT2D eigenvalue weighted by atomic mass is 9.93. The summed E-state index contributed by atoms with van der Waals surface area (Å²) in [6.45, 7) is 1.98. The molecule has 172 valence electrons. The third-order valence-corrected chi connectivity index (χ3v) is 6.62. The van der Waals surface area contributed by atoms with E-state index in [1.54, 1.807) is 6.20 Å². The molecule has 1 saturated carbocycles. The fraction of sp³-hybridized carbons (Fsp3) is 0.478. The van der Waals surface area contributed by atoms with E-state index in [0.717, 1.165) is 73.5 Å². The van der Waals surface area contributed by atoms with Gasteiger partial charge in [0.05, 0.1) is 18.0 Å². The summed E-state index contributed by atoms with van der Waals surface area (Å²) in [5, 5.41) is 12.5. The molecule has 1 aromatic carbocycles. The Morgan fingerprint density at radius 2 is 1.94 bits per heavy atom. The summed E-state index contributed by atoms with van der Waals surface area (Å²) >= 11 is 0. The first-order valence-corrected chi connectivity index (χ1v) is 12.8. The Kier molecular flexibility index (Phi) is 6.39. The maximum absolute atomic E-state index is 12.4. The number of aromatic nitrogens is 1. The van der Waals surface area contributed by atoms with Gasteiger partial charge in [0.25, 0.3) is 0 Å². The summed E-state index contributed by atoms with van der Waals surface area (Å²) in [5.41, 5.74) is 5.50. The number of pyridine rings is 1. The molecule has 2 aliphatic rings. The van der Waals surface area contributed by atoms with E-state index in [-0.39, 0.29) is 12.2 Å². The predicted molar refractivity (Wildman–Crippen MR) is 122 cm³/mol. The number of urea groups is 1. The number of aliphatic hydroxyl groups excluding tert-OH is 1. The summed E-state index contributed by atoms with van der Waals surface area (Å²) < 4.78 is 31.1. The number of anilines is 1. The number of carbonyl (C=O) groups excluding carboxylic acids is 1. The fourth-order valence-electron chi connectivity index (χ4n) is 4.67. The molecular weight excluding hydrogens is 430 g/mol. The van der Waals surface area contributed by atoms with Gasteiger partial charge in [-0.3, -0.25) is 0 Å². The number of amides is 2. The van der Waals surface area contributed by atoms with Crippen LogP contribution in [0.2, 0.25) is 0 Å². The lowest BCUT2D eigenvalue weighted by Crippen LogP contribution is -2.34. The van der Waals surface area contributed by atoms with Crippen LogP contribution in [-0.4, -0.2) is 43.0 Å². The smallest absolute Gasteiger partial charge is 0.332 e. The first-order chi connectivity index (χ1) is 15.2. The van der Waals surface area contributed by atoms with Gasteiger partial charge in [-0.15, -0.1) is 0 Å². The van der Waals surface area contributed by atoms with E-state index in [4.69, 9.17) is 4.74 Å². The summed E-state index contributed by atoms with van der Waals surface area (Å²) in [4.78, 5) is 16.8. The van der Waals surface area contributed by atoms with Crippen LogP contribution in [0.5, 0.6) is 5.88 Å². The molecule has 4 rings (SSSR count). The van der Waals surface area contributed by atoms with Crippen LogP contribution in [0, 0.1) is 6.92 Å². The molecule has 1 heterocycles. The maximum Gasteiger partial charge on any atom is 0.332 e. The van der Waals surface area contributed by atoms with Crippen LogP contribution >= 0.6 is 0 Å². The second-order valence-corrected chi connectivity index (χ2v) is 10.4. The molecule has 0 radical (unpaired) electrons. The quantitative estimate of drug-likeness (QED) is 0.631. The van der Waals surface area contributed by atoms with Crippen molar-refractivity contribution in [1.82, 2.24) is 9.71 Å². The number of aryl methyl sites for hydroxylation is 2. The van der Waals surface area contributed by atoms with Gasteiger partial charge in [-0.1, -0.05) is 6.07 Å². The Morgan fingerprint density at radius 1 is 1.19 bits per heavy atom. The van der Waals surface area contributed by atoms with E-state index in [1.807, 2.05) is 23.8 Å². The summed E-state index contributed by atoms with van der Waals surface area (Å²) in [6, 6.07) is 5.08. The summed E-state index contributed by atoms with van der Waals surface area (Å²) in [5.74, 6) is 0.496. The molecule has 0 bridgehead atoms. The van der Waals surface area contributed by atoms with Crippen LogP contribution in [0.25, 0.3) is 11.1 Å². The second-order valence-electron chi connectivity index (χ2n) is 8.69. The van der Waals surface area contributed by atoms with Crippen molar-refractivity contribution in [3.63, 3.8) is 0 Å². The number of rotatable bonds is 5. The first-order valence-electron chi connectivity index (χ1n) is 10.9. The van der Waals surface area contributed by atoms with Gasteiger partial charge in [-0.25, -0.2) is 22.9 Å². The molecule has 0 saturated heterocycles. The van der Waals surface area contributed by atoms with Crippen LogP contribution in [0.3, 0.4) is 0 Å². The van der Waals surface area contributed by atoms with E-state index in [9.17, 15) is 18.3 Å². The minimum absolute atomic E-state index is 0.0143. The van der Waals surface area contributed by atoms with Gasteiger partial charge in [-0.05, 0) is 80.2 Å². The topological polar surface area (TPSA) is 118 Å². The SMILES string of the molecule is Cc1cc2c(c(NC(=O)NS(C)(=O)=O)c1-c1ccnc(O[C@H]3CC[C@@H](O)CC3)c1)CCC2. The van der Waals surface area contributed by atoms with Gasteiger partial charge in [0, 0.05) is 17.8 Å². The summed E-state index contributed by atoms with van der Waals surface area (Å²) in [6.07, 6.45) is 8.12. The highest BCUT2D eigenvalue weighted by Crippen LogP contribution is 2.41. The van der Waals surface area contributed by atoms with Crippen LogP contribution in [0.15, 0.2) is 24.4 Å². The number of carbonyl (C=O) groups is 1. The van der Waals surface area contributed by atoms with E-state index in [2.05, 4.69) is 16.4 Å². The molecule has 32 heavy (non-hydrogen) atoms. The zero-order valence-electron chi connectivity index (χ0n) is 18.3. The highest BCUT2D eigenvalue weighted by atomic mass is 32.2. The minimum Gasteiger partial charge on any atom is -0.474 e. The van der Waals surface area contributed by atoms with Crippen molar-refractivity contribution in [3.05, 3.63) is 41.1 Å². The third kappa shape index (κ3) is 5.21. The van der Waals surface area contributed by atoms with E-state index < -0.39 is 16.1 Å². The number of ether oxygens (including phenoxy) is 1. The van der Waals surface area contributed by atoms with Crippen molar-refractivity contribution < 1.29 is 23.1 Å². The number of sulfonamides is 1. The van der Waals surface area contributed by atoms with Gasteiger partial charge in [0.15, 0.2) is 0 Å². The third-order valence-electron chi connectivity index (χ3n) is 6.07. The zero-order chi connectivity index (χ0) is 22.9. The van der Waals surface area contributed by atoms with Crippen molar-refractivity contribution in [1.29, 1.82) is 0 Å². The molecule has 0 spiro atoms. The number of nitrogens with one attached hydrogen (secondary N) is 2. The maximum atomic E-state index is 12.4. The van der Waals surface area contributed by atoms with Crippen LogP contribution in [0.1, 0.15) is 48.8 Å². The molecule has 3 N–H and O–H groups in total. The van der Waals surface area contributed by atoms with Crippen molar-refractivity contribution in [2.45, 2.75) is 64.1 Å². The molecule has 9 heteroatoms. The molecular formula is C23H29N3O5S. The summed E-state index contributed by atoms with van der Waals surface area (Å²) in [7, 11) is -3.68. The number of hydrogen-bond donors (Lipinski definition) is 3. The first kappa shape index (κ1) is 22.5. The predicted octanol–water partition coefficient (Wildman–Crippen LogP) is 3.31.